The van der Waals surface area contributed by atoms with E-state index >= 15 is 0 Å². The fourth-order valence-corrected chi connectivity index (χ4v) is 3.61. The fourth-order valence-electron chi connectivity index (χ4n) is 3.61. The third-order valence-corrected chi connectivity index (χ3v) is 6.23. The van der Waals surface area contributed by atoms with Crippen LogP contribution >= 0.6 is 0 Å². The Morgan fingerprint density at radius 2 is 1.60 bits per heavy atom. The van der Waals surface area contributed by atoms with Crippen LogP contribution in [0.2, 0.25) is 0 Å². The summed E-state index contributed by atoms with van der Waals surface area (Å²) in [5.74, 6) is 0.460. The molecule has 138 valence electrons. The van der Waals surface area contributed by atoms with E-state index in [0.717, 1.165) is 37.9 Å². The highest BCUT2D eigenvalue weighted by Gasteiger charge is 2.51. The topological polar surface area (TPSA) is 41.9 Å². The van der Waals surface area contributed by atoms with E-state index in [0.29, 0.717) is 5.92 Å². The van der Waals surface area contributed by atoms with Gasteiger partial charge in [-0.05, 0) is 77.5 Å². The van der Waals surface area contributed by atoms with Crippen molar-refractivity contribution < 1.29 is 14.4 Å². The number of likely N-dealkylation sites (tertiary alicyclic amines) is 1. The lowest BCUT2D eigenvalue weighted by molar-refractivity contribution is 0.00578. The molecule has 0 bridgehead atoms. The molecule has 2 saturated heterocycles. The molecule has 0 amide bonds. The predicted molar refractivity (Wildman–Crippen MR) is 102 cm³/mol. The molecule has 1 aromatic carbocycles. The smallest absolute Gasteiger partial charge is 0.399 e. The molecule has 1 unspecified atom stereocenters. The monoisotopic (exact) mass is 345 g/mol. The average Bonchev–Trinajstić information content (AvgIpc) is 2.76. The second-order valence-corrected chi connectivity index (χ2v) is 8.68. The standard InChI is InChI=1S/C20H32BNO3/c1-15(23)17-10-12-22(13-11-17)14-16-6-8-18(9-7-16)21-24-19(2,3)20(4,5)25-21/h6-9,15,17,23H,10-14H2,1-5H3. The zero-order chi connectivity index (χ0) is 18.2. The van der Waals surface area contributed by atoms with Crippen LogP contribution in [0.3, 0.4) is 0 Å². The van der Waals surface area contributed by atoms with E-state index in [1.165, 1.54) is 5.56 Å². The van der Waals surface area contributed by atoms with Gasteiger partial charge in [-0.3, -0.25) is 4.90 Å². The molecule has 0 aromatic heterocycles. The number of benzene rings is 1. The Bertz CT molecular complexity index is 561. The number of piperidine rings is 1. The Balaban J connectivity index is 1.57. The normalized spacial score (nSPS) is 25.3. The van der Waals surface area contributed by atoms with Gasteiger partial charge in [0.05, 0.1) is 17.3 Å². The van der Waals surface area contributed by atoms with Crippen molar-refractivity contribution in [2.75, 3.05) is 13.1 Å². The molecule has 4 nitrogen and oxygen atoms in total. The molecule has 1 N–H and O–H groups in total. The van der Waals surface area contributed by atoms with Gasteiger partial charge in [0.1, 0.15) is 0 Å². The van der Waals surface area contributed by atoms with E-state index in [1.807, 2.05) is 6.92 Å². The number of aliphatic hydroxyl groups excluding tert-OH is 1. The quantitative estimate of drug-likeness (QED) is 0.852. The van der Waals surface area contributed by atoms with Crippen molar-refractivity contribution in [2.45, 2.75) is 71.3 Å². The molecule has 0 aliphatic carbocycles. The summed E-state index contributed by atoms with van der Waals surface area (Å²) in [6.45, 7) is 13.3. The van der Waals surface area contributed by atoms with Crippen LogP contribution in [0.4, 0.5) is 0 Å². The Kier molecular flexibility index (Phi) is 5.32. The lowest BCUT2D eigenvalue weighted by Gasteiger charge is -2.33. The first-order chi connectivity index (χ1) is 11.7. The van der Waals surface area contributed by atoms with Crippen LogP contribution in [0.5, 0.6) is 0 Å². The summed E-state index contributed by atoms with van der Waals surface area (Å²) in [5.41, 5.74) is 1.79. The van der Waals surface area contributed by atoms with E-state index in [9.17, 15) is 5.11 Å². The van der Waals surface area contributed by atoms with Crippen molar-refractivity contribution in [1.82, 2.24) is 4.90 Å². The SMILES string of the molecule is CC(O)C1CCN(Cc2ccc(B3OC(C)(C)C(C)(C)O3)cc2)CC1. The van der Waals surface area contributed by atoms with Crippen molar-refractivity contribution in [3.8, 4) is 0 Å². The number of nitrogens with zero attached hydrogens (tertiary/aromatic N) is 1. The highest BCUT2D eigenvalue weighted by atomic mass is 16.7. The number of hydrogen-bond donors (Lipinski definition) is 1. The van der Waals surface area contributed by atoms with Crippen molar-refractivity contribution in [2.24, 2.45) is 5.92 Å². The predicted octanol–water partition coefficient (Wildman–Crippen LogP) is 2.58. The second kappa shape index (κ2) is 7.03. The summed E-state index contributed by atoms with van der Waals surface area (Å²) >= 11 is 0. The molecule has 5 heteroatoms. The molecule has 1 atom stereocenters. The van der Waals surface area contributed by atoms with Crippen molar-refractivity contribution in [3.05, 3.63) is 29.8 Å². The zero-order valence-electron chi connectivity index (χ0n) is 16.3. The van der Waals surface area contributed by atoms with E-state index in [1.54, 1.807) is 0 Å². The summed E-state index contributed by atoms with van der Waals surface area (Å²) in [7, 11) is -0.291. The molecule has 2 heterocycles. The van der Waals surface area contributed by atoms with E-state index in [-0.39, 0.29) is 24.4 Å². The Hall–Kier alpha value is -0.875. The van der Waals surface area contributed by atoms with Gasteiger partial charge in [0.25, 0.3) is 0 Å². The maximum Gasteiger partial charge on any atom is 0.494 e. The zero-order valence-corrected chi connectivity index (χ0v) is 16.3. The number of rotatable bonds is 4. The van der Waals surface area contributed by atoms with Gasteiger partial charge in [0.2, 0.25) is 0 Å². The molecule has 0 radical (unpaired) electrons. The van der Waals surface area contributed by atoms with Gasteiger partial charge in [-0.25, -0.2) is 0 Å². The van der Waals surface area contributed by atoms with E-state index < -0.39 is 0 Å². The first-order valence-electron chi connectivity index (χ1n) is 9.53. The van der Waals surface area contributed by atoms with Crippen LogP contribution < -0.4 is 5.46 Å². The van der Waals surface area contributed by atoms with Crippen molar-refractivity contribution in [1.29, 1.82) is 0 Å². The molecule has 25 heavy (non-hydrogen) atoms. The van der Waals surface area contributed by atoms with Gasteiger partial charge < -0.3 is 14.4 Å². The lowest BCUT2D eigenvalue weighted by Crippen LogP contribution is -2.41. The van der Waals surface area contributed by atoms with Gasteiger partial charge in [-0.15, -0.1) is 0 Å². The van der Waals surface area contributed by atoms with Crippen LogP contribution in [0, 0.1) is 5.92 Å². The second-order valence-electron chi connectivity index (χ2n) is 8.68. The fraction of sp³-hybridized carbons (Fsp3) is 0.700. The Morgan fingerprint density at radius 3 is 2.08 bits per heavy atom. The van der Waals surface area contributed by atoms with Gasteiger partial charge in [0.15, 0.2) is 0 Å². The summed E-state index contributed by atoms with van der Waals surface area (Å²) in [4.78, 5) is 2.47. The van der Waals surface area contributed by atoms with Crippen LogP contribution in [0.25, 0.3) is 0 Å². The van der Waals surface area contributed by atoms with Gasteiger partial charge in [-0.2, -0.15) is 0 Å². The van der Waals surface area contributed by atoms with Crippen molar-refractivity contribution in [3.63, 3.8) is 0 Å². The van der Waals surface area contributed by atoms with E-state index in [4.69, 9.17) is 9.31 Å². The summed E-state index contributed by atoms with van der Waals surface area (Å²) in [5, 5.41) is 9.72. The van der Waals surface area contributed by atoms with Crippen LogP contribution in [0.1, 0.15) is 53.0 Å². The number of hydrogen-bond acceptors (Lipinski definition) is 4. The Labute approximate surface area is 152 Å². The van der Waals surface area contributed by atoms with Crippen LogP contribution in [-0.2, 0) is 15.9 Å². The molecule has 2 aliphatic heterocycles. The number of aliphatic hydroxyl groups is 1. The molecule has 1 aromatic rings. The molecule has 0 saturated carbocycles. The minimum atomic E-state index is -0.301. The first-order valence-corrected chi connectivity index (χ1v) is 9.53. The lowest BCUT2D eigenvalue weighted by atomic mass is 9.79. The molecular formula is C20H32BNO3. The van der Waals surface area contributed by atoms with E-state index in [2.05, 4.69) is 56.9 Å². The molecule has 2 fully saturated rings. The molecule has 2 aliphatic rings. The Morgan fingerprint density at radius 1 is 1.08 bits per heavy atom. The maximum absolute atomic E-state index is 9.72. The summed E-state index contributed by atoms with van der Waals surface area (Å²) in [6.07, 6.45) is 1.99. The third kappa shape index (κ3) is 4.11. The van der Waals surface area contributed by atoms with Gasteiger partial charge >= 0.3 is 7.12 Å². The van der Waals surface area contributed by atoms with Gasteiger partial charge in [0, 0.05) is 6.54 Å². The highest BCUT2D eigenvalue weighted by Crippen LogP contribution is 2.36. The largest absolute Gasteiger partial charge is 0.494 e. The van der Waals surface area contributed by atoms with Gasteiger partial charge in [-0.1, -0.05) is 24.3 Å². The maximum atomic E-state index is 9.72. The van der Waals surface area contributed by atoms with Crippen molar-refractivity contribution >= 4 is 12.6 Å². The molecule has 3 rings (SSSR count). The molecular weight excluding hydrogens is 313 g/mol. The highest BCUT2D eigenvalue weighted by molar-refractivity contribution is 6.62. The summed E-state index contributed by atoms with van der Waals surface area (Å²) in [6, 6.07) is 8.61. The first kappa shape index (κ1) is 18.9. The third-order valence-electron chi connectivity index (χ3n) is 6.23. The molecule has 0 spiro atoms. The average molecular weight is 345 g/mol. The summed E-state index contributed by atoms with van der Waals surface area (Å²) < 4.78 is 12.2. The minimum absolute atomic E-state index is 0.179. The minimum Gasteiger partial charge on any atom is -0.399 e. The van der Waals surface area contributed by atoms with Crippen LogP contribution in [-0.4, -0.2) is 47.5 Å². The van der Waals surface area contributed by atoms with Crippen LogP contribution in [0.15, 0.2) is 24.3 Å².